The standard InChI is InChI=1S/C16H23NO3S/c1-2-8-17(12-15-6-4-11-21-15)16(18)7-10-19-13-14-5-3-9-20-14/h2,4,6,11,14H,1,3,5,7-10,12-13H2. The Bertz CT molecular complexity index is 427. The third-order valence-corrected chi connectivity index (χ3v) is 4.28. The van der Waals surface area contributed by atoms with E-state index in [1.54, 1.807) is 17.4 Å². The van der Waals surface area contributed by atoms with Gasteiger partial charge < -0.3 is 14.4 Å². The maximum Gasteiger partial charge on any atom is 0.225 e. The van der Waals surface area contributed by atoms with Crippen LogP contribution in [0.15, 0.2) is 30.2 Å². The van der Waals surface area contributed by atoms with E-state index in [1.807, 2.05) is 22.4 Å². The number of carbonyl (C=O) groups excluding carboxylic acids is 1. The molecule has 5 heteroatoms. The van der Waals surface area contributed by atoms with Crippen LogP contribution in [0.1, 0.15) is 24.1 Å². The minimum absolute atomic E-state index is 0.107. The van der Waals surface area contributed by atoms with Gasteiger partial charge in [0.1, 0.15) is 0 Å². The van der Waals surface area contributed by atoms with E-state index >= 15 is 0 Å². The van der Waals surface area contributed by atoms with Gasteiger partial charge in [-0.25, -0.2) is 0 Å². The molecule has 1 aromatic heterocycles. The molecular formula is C16H23NO3S. The highest BCUT2D eigenvalue weighted by Crippen LogP contribution is 2.14. The first-order valence-corrected chi connectivity index (χ1v) is 8.28. The Hall–Kier alpha value is -1.17. The van der Waals surface area contributed by atoms with Gasteiger partial charge in [0.05, 0.1) is 32.3 Å². The fourth-order valence-corrected chi connectivity index (χ4v) is 3.03. The molecule has 0 N–H and O–H groups in total. The van der Waals surface area contributed by atoms with Crippen molar-refractivity contribution in [3.05, 3.63) is 35.0 Å². The summed E-state index contributed by atoms with van der Waals surface area (Å²) in [7, 11) is 0. The lowest BCUT2D eigenvalue weighted by Crippen LogP contribution is -2.31. The second kappa shape index (κ2) is 8.97. The van der Waals surface area contributed by atoms with Crippen LogP contribution < -0.4 is 0 Å². The molecule has 0 aromatic carbocycles. The quantitative estimate of drug-likeness (QED) is 0.520. The summed E-state index contributed by atoms with van der Waals surface area (Å²) in [5, 5.41) is 2.02. The molecule has 1 unspecified atom stereocenters. The topological polar surface area (TPSA) is 38.8 Å². The van der Waals surface area contributed by atoms with Crippen molar-refractivity contribution >= 4 is 17.2 Å². The zero-order valence-electron chi connectivity index (χ0n) is 12.3. The van der Waals surface area contributed by atoms with E-state index in [0.717, 1.165) is 19.4 Å². The number of hydrogen-bond donors (Lipinski definition) is 0. The molecule has 4 nitrogen and oxygen atoms in total. The number of ether oxygens (including phenoxy) is 2. The van der Waals surface area contributed by atoms with E-state index < -0.39 is 0 Å². The van der Waals surface area contributed by atoms with Gasteiger partial charge >= 0.3 is 0 Å². The normalized spacial score (nSPS) is 17.8. The molecule has 1 saturated heterocycles. The molecule has 2 rings (SSSR count). The molecule has 0 radical (unpaired) electrons. The summed E-state index contributed by atoms with van der Waals surface area (Å²) in [6, 6.07) is 4.04. The summed E-state index contributed by atoms with van der Waals surface area (Å²) in [4.78, 5) is 15.2. The lowest BCUT2D eigenvalue weighted by atomic mass is 10.2. The maximum atomic E-state index is 12.2. The van der Waals surface area contributed by atoms with Crippen molar-refractivity contribution in [3.8, 4) is 0 Å². The van der Waals surface area contributed by atoms with Crippen LogP contribution in [0.5, 0.6) is 0 Å². The molecular weight excluding hydrogens is 286 g/mol. The van der Waals surface area contributed by atoms with Gasteiger partial charge in [0.25, 0.3) is 0 Å². The zero-order valence-corrected chi connectivity index (χ0v) is 13.1. The van der Waals surface area contributed by atoms with Gasteiger partial charge in [0.15, 0.2) is 0 Å². The molecule has 0 bridgehead atoms. The highest BCUT2D eigenvalue weighted by atomic mass is 32.1. The number of amides is 1. The second-order valence-corrected chi connectivity index (χ2v) is 6.13. The van der Waals surface area contributed by atoms with Crippen molar-refractivity contribution in [1.29, 1.82) is 0 Å². The van der Waals surface area contributed by atoms with Gasteiger partial charge in [-0.3, -0.25) is 4.79 Å². The van der Waals surface area contributed by atoms with Crippen LogP contribution in [0.25, 0.3) is 0 Å². The van der Waals surface area contributed by atoms with E-state index in [9.17, 15) is 4.79 Å². The molecule has 0 spiro atoms. The van der Waals surface area contributed by atoms with Crippen molar-refractivity contribution in [2.24, 2.45) is 0 Å². The number of carbonyl (C=O) groups is 1. The van der Waals surface area contributed by atoms with E-state index in [1.165, 1.54) is 4.88 Å². The molecule has 1 atom stereocenters. The minimum atomic E-state index is 0.107. The van der Waals surface area contributed by atoms with Gasteiger partial charge in [-0.2, -0.15) is 0 Å². The highest BCUT2D eigenvalue weighted by molar-refractivity contribution is 7.09. The molecule has 0 aliphatic carbocycles. The summed E-state index contributed by atoms with van der Waals surface area (Å²) >= 11 is 1.66. The largest absolute Gasteiger partial charge is 0.378 e. The predicted molar refractivity (Wildman–Crippen MR) is 84.3 cm³/mol. The van der Waals surface area contributed by atoms with Crippen LogP contribution in [0.4, 0.5) is 0 Å². The molecule has 2 heterocycles. The van der Waals surface area contributed by atoms with Crippen LogP contribution in [0, 0.1) is 0 Å². The van der Waals surface area contributed by atoms with Crippen molar-refractivity contribution in [2.45, 2.75) is 31.9 Å². The molecule has 1 fully saturated rings. The lowest BCUT2D eigenvalue weighted by molar-refractivity contribution is -0.132. The zero-order chi connectivity index (χ0) is 14.9. The van der Waals surface area contributed by atoms with Gasteiger partial charge in [-0.15, -0.1) is 17.9 Å². The van der Waals surface area contributed by atoms with Crippen LogP contribution in [-0.4, -0.2) is 43.3 Å². The molecule has 116 valence electrons. The number of rotatable bonds is 9. The summed E-state index contributed by atoms with van der Waals surface area (Å²) in [6.07, 6.45) is 4.57. The van der Waals surface area contributed by atoms with Crippen molar-refractivity contribution in [1.82, 2.24) is 4.90 Å². The van der Waals surface area contributed by atoms with Gasteiger partial charge in [0.2, 0.25) is 5.91 Å². The Morgan fingerprint density at radius 1 is 1.62 bits per heavy atom. The van der Waals surface area contributed by atoms with Crippen molar-refractivity contribution in [2.75, 3.05) is 26.4 Å². The number of hydrogen-bond acceptors (Lipinski definition) is 4. The van der Waals surface area contributed by atoms with Gasteiger partial charge in [-0.1, -0.05) is 12.1 Å². The SMILES string of the molecule is C=CCN(Cc1cccs1)C(=O)CCOCC1CCCO1. The molecule has 21 heavy (non-hydrogen) atoms. The van der Waals surface area contributed by atoms with Gasteiger partial charge in [-0.05, 0) is 24.3 Å². The number of thiophene rings is 1. The maximum absolute atomic E-state index is 12.2. The van der Waals surface area contributed by atoms with E-state index in [-0.39, 0.29) is 12.0 Å². The average Bonchev–Trinajstić information content (AvgIpc) is 3.16. The average molecular weight is 309 g/mol. The Morgan fingerprint density at radius 3 is 3.19 bits per heavy atom. The van der Waals surface area contributed by atoms with Gasteiger partial charge in [0, 0.05) is 18.0 Å². The lowest BCUT2D eigenvalue weighted by Gasteiger charge is -2.20. The third-order valence-electron chi connectivity index (χ3n) is 3.42. The predicted octanol–water partition coefficient (Wildman–Crippen LogP) is 2.85. The van der Waals surface area contributed by atoms with E-state index in [4.69, 9.17) is 9.47 Å². The molecule has 0 saturated carbocycles. The van der Waals surface area contributed by atoms with Crippen LogP contribution in [-0.2, 0) is 20.8 Å². The Balaban J connectivity index is 1.69. The first-order valence-electron chi connectivity index (χ1n) is 7.40. The third kappa shape index (κ3) is 5.61. The molecule has 1 aromatic rings. The minimum Gasteiger partial charge on any atom is -0.378 e. The second-order valence-electron chi connectivity index (χ2n) is 5.10. The first-order chi connectivity index (χ1) is 10.3. The van der Waals surface area contributed by atoms with Crippen molar-refractivity contribution < 1.29 is 14.3 Å². The van der Waals surface area contributed by atoms with Crippen LogP contribution >= 0.6 is 11.3 Å². The summed E-state index contributed by atoms with van der Waals surface area (Å²) in [5.74, 6) is 0.107. The molecule has 1 amide bonds. The summed E-state index contributed by atoms with van der Waals surface area (Å²) in [5.41, 5.74) is 0. The first kappa shape index (κ1) is 16.2. The smallest absolute Gasteiger partial charge is 0.225 e. The Morgan fingerprint density at radius 2 is 2.52 bits per heavy atom. The fourth-order valence-electron chi connectivity index (χ4n) is 2.31. The molecule has 1 aliphatic heterocycles. The number of nitrogens with zero attached hydrogens (tertiary/aromatic N) is 1. The Labute approximate surface area is 130 Å². The van der Waals surface area contributed by atoms with E-state index in [0.29, 0.717) is 32.7 Å². The highest BCUT2D eigenvalue weighted by Gasteiger charge is 2.16. The van der Waals surface area contributed by atoms with E-state index in [2.05, 4.69) is 6.58 Å². The van der Waals surface area contributed by atoms with Crippen molar-refractivity contribution in [3.63, 3.8) is 0 Å². The Kier molecular flexibility index (Phi) is 6.92. The fraction of sp³-hybridized carbons (Fsp3) is 0.562. The van der Waals surface area contributed by atoms with Crippen LogP contribution in [0.2, 0.25) is 0 Å². The molecule has 1 aliphatic rings. The summed E-state index contributed by atoms with van der Waals surface area (Å²) < 4.78 is 11.0. The summed E-state index contributed by atoms with van der Waals surface area (Å²) in [6.45, 7) is 6.83. The monoisotopic (exact) mass is 309 g/mol. The van der Waals surface area contributed by atoms with Crippen LogP contribution in [0.3, 0.4) is 0 Å².